The predicted molar refractivity (Wildman–Crippen MR) is 110 cm³/mol. The van der Waals surface area contributed by atoms with E-state index >= 15 is 0 Å². The van der Waals surface area contributed by atoms with Gasteiger partial charge in [0.1, 0.15) is 18.5 Å². The number of hydrogen-bond donors (Lipinski definition) is 1. The van der Waals surface area contributed by atoms with Crippen molar-refractivity contribution in [1.29, 1.82) is 0 Å². The molecule has 3 heterocycles. The second-order valence-electron chi connectivity index (χ2n) is 8.69. The molecule has 1 saturated carbocycles. The number of rotatable bonds is 2. The molecule has 2 unspecified atom stereocenters. The average Bonchev–Trinajstić information content (AvgIpc) is 2.68. The van der Waals surface area contributed by atoms with E-state index in [2.05, 4.69) is 9.62 Å². The van der Waals surface area contributed by atoms with Crippen molar-refractivity contribution in [2.45, 2.75) is 62.1 Å². The lowest BCUT2D eigenvalue weighted by molar-refractivity contribution is -0.170. The monoisotopic (exact) mass is 444 g/mol. The van der Waals surface area contributed by atoms with Gasteiger partial charge in [-0.05, 0) is 49.8 Å². The Hall–Kier alpha value is -1.29. The molecule has 2 fully saturated rings. The number of nitrogens with one attached hydrogen (secondary N) is 1. The highest BCUT2D eigenvalue weighted by Crippen LogP contribution is 2.45. The second kappa shape index (κ2) is 8.68. The molecule has 1 aromatic rings. The van der Waals surface area contributed by atoms with Gasteiger partial charge < -0.3 is 9.47 Å². The van der Waals surface area contributed by atoms with Gasteiger partial charge in [0.05, 0.1) is 12.9 Å². The normalized spacial score (nSPS) is 32.6. The fraction of sp³-hybridized carbons (Fsp3) is 0.714. The summed E-state index contributed by atoms with van der Waals surface area (Å²) in [5, 5.41) is 0. The van der Waals surface area contributed by atoms with E-state index in [1.54, 1.807) is 0 Å². The van der Waals surface area contributed by atoms with Crippen LogP contribution in [-0.4, -0.2) is 70.0 Å². The maximum absolute atomic E-state index is 15.0. The Kier molecular flexibility index (Phi) is 6.35. The van der Waals surface area contributed by atoms with Gasteiger partial charge in [-0.2, -0.15) is 0 Å². The number of benzene rings is 1. The van der Waals surface area contributed by atoms with Crippen molar-refractivity contribution in [1.82, 2.24) is 9.62 Å². The van der Waals surface area contributed by atoms with Crippen molar-refractivity contribution < 1.29 is 26.7 Å². The average molecular weight is 445 g/mol. The number of fused-ring (bicyclic) bond motifs is 5. The van der Waals surface area contributed by atoms with Crippen LogP contribution in [0.15, 0.2) is 24.3 Å². The number of piperidine rings is 1. The van der Waals surface area contributed by atoms with Crippen LogP contribution in [0.25, 0.3) is 0 Å². The van der Waals surface area contributed by atoms with E-state index in [1.165, 1.54) is 0 Å². The van der Waals surface area contributed by atoms with Gasteiger partial charge in [-0.25, -0.2) is 21.9 Å². The second-order valence-corrected chi connectivity index (χ2v) is 10.5. The first-order valence-electron chi connectivity index (χ1n) is 10.7. The zero-order valence-corrected chi connectivity index (χ0v) is 18.0. The molecule has 9 heteroatoms. The highest BCUT2D eigenvalue weighted by atomic mass is 32.2. The number of para-hydroxylation sites is 1. The first-order chi connectivity index (χ1) is 14.2. The Bertz CT molecular complexity index is 851. The van der Waals surface area contributed by atoms with Gasteiger partial charge >= 0.3 is 0 Å². The van der Waals surface area contributed by atoms with E-state index in [9.17, 15) is 17.2 Å². The van der Waals surface area contributed by atoms with E-state index in [-0.39, 0.29) is 37.5 Å². The summed E-state index contributed by atoms with van der Waals surface area (Å²) in [4.78, 5) is 2.11. The van der Waals surface area contributed by atoms with Crippen LogP contribution in [0.3, 0.4) is 0 Å². The van der Waals surface area contributed by atoms with Crippen molar-refractivity contribution in [2.75, 3.05) is 32.6 Å². The first kappa shape index (κ1) is 21.9. The van der Waals surface area contributed by atoms with E-state index < -0.39 is 22.0 Å². The zero-order valence-electron chi connectivity index (χ0n) is 17.2. The molecule has 1 aliphatic carbocycles. The fourth-order valence-electron chi connectivity index (χ4n) is 5.07. The lowest BCUT2D eigenvalue weighted by Crippen LogP contribution is -2.58. The molecule has 5 rings (SSSR count). The quantitative estimate of drug-likeness (QED) is 0.760. The molecular weight excluding hydrogens is 414 g/mol. The molecule has 0 spiro atoms. The largest absolute Gasteiger partial charge is 0.492 e. The minimum atomic E-state index is -3.42. The van der Waals surface area contributed by atoms with Gasteiger partial charge in [0.2, 0.25) is 10.0 Å². The number of ether oxygens (including phenoxy) is 2. The van der Waals surface area contributed by atoms with Crippen LogP contribution in [0.2, 0.25) is 0 Å². The number of alkyl halides is 2. The van der Waals surface area contributed by atoms with Crippen molar-refractivity contribution in [3.05, 3.63) is 29.8 Å². The van der Waals surface area contributed by atoms with Crippen LogP contribution in [0.4, 0.5) is 8.78 Å². The Morgan fingerprint density at radius 1 is 1.17 bits per heavy atom. The topological polar surface area (TPSA) is 67.9 Å². The molecule has 168 valence electrons. The standard InChI is InChI=1S/C21H30F2N2O4S/c1-30(26,27)24-17-6-4-10-25-11-12-28-19-7-3-2-5-16(19)15-8-9-20(21(22,23)13-15)29-14-18(17)25/h2-3,5,7,15,17-18,20,24H,4,6,8-14H2,1H3/t15?,17?,18-,20+/m0/s1. The molecular formula is C21H30F2N2O4S. The van der Waals surface area contributed by atoms with Gasteiger partial charge in [-0.15, -0.1) is 0 Å². The summed E-state index contributed by atoms with van der Waals surface area (Å²) >= 11 is 0. The Morgan fingerprint density at radius 2 is 1.97 bits per heavy atom. The lowest BCUT2D eigenvalue weighted by Gasteiger charge is -2.42. The molecule has 0 radical (unpaired) electrons. The summed E-state index contributed by atoms with van der Waals surface area (Å²) in [6, 6.07) is 6.78. The maximum atomic E-state index is 15.0. The van der Waals surface area contributed by atoms with Crippen molar-refractivity contribution >= 4 is 10.0 Å². The summed E-state index contributed by atoms with van der Waals surface area (Å²) in [6.45, 7) is 1.82. The van der Waals surface area contributed by atoms with Gasteiger partial charge in [0.25, 0.3) is 5.92 Å². The van der Waals surface area contributed by atoms with Crippen LogP contribution < -0.4 is 9.46 Å². The summed E-state index contributed by atoms with van der Waals surface area (Å²) < 4.78 is 68.2. The van der Waals surface area contributed by atoms with Crippen LogP contribution in [0.1, 0.15) is 43.6 Å². The molecule has 6 nitrogen and oxygen atoms in total. The van der Waals surface area contributed by atoms with Crippen LogP contribution in [0, 0.1) is 0 Å². The molecule has 1 aromatic carbocycles. The SMILES string of the molecule is CS(=O)(=O)NC1CCCN2CCOc3ccccc3C3CC[C@@H](OC[C@@H]12)C(F)(F)C3. The summed E-state index contributed by atoms with van der Waals surface area (Å²) in [7, 11) is -3.42. The summed E-state index contributed by atoms with van der Waals surface area (Å²) in [5.41, 5.74) is 0.835. The molecule has 2 bridgehead atoms. The molecule has 0 aromatic heterocycles. The zero-order chi connectivity index (χ0) is 21.4. The molecule has 3 aliphatic heterocycles. The molecule has 4 atom stereocenters. The minimum Gasteiger partial charge on any atom is -0.492 e. The number of sulfonamides is 1. The number of hydrogen-bond acceptors (Lipinski definition) is 5. The van der Waals surface area contributed by atoms with Crippen LogP contribution in [-0.2, 0) is 14.8 Å². The third-order valence-corrected chi connectivity index (χ3v) is 7.22. The van der Waals surface area contributed by atoms with Gasteiger partial charge in [0.15, 0.2) is 0 Å². The Balaban J connectivity index is 1.62. The van der Waals surface area contributed by atoms with Gasteiger partial charge in [0, 0.05) is 25.0 Å². The van der Waals surface area contributed by atoms with E-state index in [0.29, 0.717) is 31.7 Å². The summed E-state index contributed by atoms with van der Waals surface area (Å²) in [5.74, 6) is -2.54. The molecule has 1 N–H and O–H groups in total. The molecule has 30 heavy (non-hydrogen) atoms. The van der Waals surface area contributed by atoms with Crippen molar-refractivity contribution in [3.8, 4) is 5.75 Å². The van der Waals surface area contributed by atoms with E-state index in [1.807, 2.05) is 24.3 Å². The van der Waals surface area contributed by atoms with Gasteiger partial charge in [-0.3, -0.25) is 4.90 Å². The van der Waals surface area contributed by atoms with Crippen LogP contribution in [0.5, 0.6) is 5.75 Å². The van der Waals surface area contributed by atoms with Crippen molar-refractivity contribution in [2.24, 2.45) is 0 Å². The van der Waals surface area contributed by atoms with Crippen molar-refractivity contribution in [3.63, 3.8) is 0 Å². The predicted octanol–water partition coefficient (Wildman–Crippen LogP) is 2.75. The first-order valence-corrected chi connectivity index (χ1v) is 12.5. The fourth-order valence-corrected chi connectivity index (χ4v) is 5.90. The highest BCUT2D eigenvalue weighted by Gasteiger charge is 2.47. The number of nitrogens with zero attached hydrogens (tertiary/aromatic N) is 1. The molecule has 1 saturated heterocycles. The highest BCUT2D eigenvalue weighted by molar-refractivity contribution is 7.88. The molecule has 4 aliphatic rings. The minimum absolute atomic E-state index is 0.0745. The van der Waals surface area contributed by atoms with E-state index in [4.69, 9.17) is 9.47 Å². The maximum Gasteiger partial charge on any atom is 0.274 e. The van der Waals surface area contributed by atoms with Crippen LogP contribution >= 0.6 is 0 Å². The van der Waals surface area contributed by atoms with E-state index in [0.717, 1.165) is 24.8 Å². The lowest BCUT2D eigenvalue weighted by atomic mass is 9.80. The third-order valence-electron chi connectivity index (χ3n) is 6.49. The summed E-state index contributed by atoms with van der Waals surface area (Å²) in [6.07, 6.45) is 2.07. The smallest absolute Gasteiger partial charge is 0.274 e. The Labute approximate surface area is 177 Å². The third kappa shape index (κ3) is 4.95. The Morgan fingerprint density at radius 3 is 2.73 bits per heavy atom. The number of halogens is 2. The molecule has 0 amide bonds. The van der Waals surface area contributed by atoms with Gasteiger partial charge in [-0.1, -0.05) is 18.2 Å².